The van der Waals surface area contributed by atoms with Crippen LogP contribution in [0.1, 0.15) is 45.7 Å². The summed E-state index contributed by atoms with van der Waals surface area (Å²) < 4.78 is 12.8. The number of nitrogens with one attached hydrogen (secondary N) is 1. The van der Waals surface area contributed by atoms with Crippen molar-refractivity contribution in [3.05, 3.63) is 35.6 Å². The molecule has 0 saturated carbocycles. The van der Waals surface area contributed by atoms with Gasteiger partial charge in [0.15, 0.2) is 0 Å². The SMILES string of the molecule is CCC(NC(C)c1ccc(F)cc1)C(C)C. The third-order valence-electron chi connectivity index (χ3n) is 3.08. The van der Waals surface area contributed by atoms with Crippen molar-refractivity contribution >= 4 is 0 Å². The normalized spacial score (nSPS) is 15.1. The minimum atomic E-state index is -0.174. The third-order valence-corrected chi connectivity index (χ3v) is 3.08. The van der Waals surface area contributed by atoms with Gasteiger partial charge in [-0.2, -0.15) is 0 Å². The average Bonchev–Trinajstić information content (AvgIpc) is 2.26. The summed E-state index contributed by atoms with van der Waals surface area (Å²) >= 11 is 0. The molecule has 0 saturated heterocycles. The van der Waals surface area contributed by atoms with E-state index in [1.54, 1.807) is 0 Å². The number of hydrogen-bond acceptors (Lipinski definition) is 1. The van der Waals surface area contributed by atoms with Crippen molar-refractivity contribution in [1.82, 2.24) is 5.32 Å². The molecular formula is C14H22FN. The summed E-state index contributed by atoms with van der Waals surface area (Å²) in [6.07, 6.45) is 1.11. The summed E-state index contributed by atoms with van der Waals surface area (Å²) in [7, 11) is 0. The zero-order valence-electron chi connectivity index (χ0n) is 10.6. The molecule has 0 amide bonds. The summed E-state index contributed by atoms with van der Waals surface area (Å²) in [4.78, 5) is 0. The Bertz CT molecular complexity index is 305. The van der Waals surface area contributed by atoms with Crippen LogP contribution in [0.25, 0.3) is 0 Å². The van der Waals surface area contributed by atoms with Crippen LogP contribution < -0.4 is 5.32 Å². The van der Waals surface area contributed by atoms with Gasteiger partial charge in [-0.05, 0) is 37.0 Å². The van der Waals surface area contributed by atoms with E-state index in [-0.39, 0.29) is 11.9 Å². The molecule has 1 aromatic rings. The molecule has 1 rings (SSSR count). The van der Waals surface area contributed by atoms with E-state index < -0.39 is 0 Å². The minimum absolute atomic E-state index is 0.174. The van der Waals surface area contributed by atoms with Gasteiger partial charge in [0.25, 0.3) is 0 Å². The average molecular weight is 223 g/mol. The maximum atomic E-state index is 12.8. The highest BCUT2D eigenvalue weighted by Gasteiger charge is 2.14. The van der Waals surface area contributed by atoms with Crippen LogP contribution in [0.4, 0.5) is 4.39 Å². The fourth-order valence-corrected chi connectivity index (χ4v) is 1.95. The molecule has 0 radical (unpaired) electrons. The largest absolute Gasteiger partial charge is 0.307 e. The Labute approximate surface area is 98.1 Å². The molecule has 0 spiro atoms. The van der Waals surface area contributed by atoms with E-state index in [9.17, 15) is 4.39 Å². The molecule has 0 aliphatic heterocycles. The van der Waals surface area contributed by atoms with E-state index in [0.717, 1.165) is 12.0 Å². The molecule has 2 atom stereocenters. The first-order chi connectivity index (χ1) is 7.54. The Hall–Kier alpha value is -0.890. The van der Waals surface area contributed by atoms with Gasteiger partial charge in [0.05, 0.1) is 0 Å². The highest BCUT2D eigenvalue weighted by molar-refractivity contribution is 5.19. The molecule has 2 unspecified atom stereocenters. The Morgan fingerprint density at radius 1 is 1.12 bits per heavy atom. The van der Waals surface area contributed by atoms with E-state index in [2.05, 4.69) is 33.0 Å². The van der Waals surface area contributed by atoms with E-state index in [1.807, 2.05) is 12.1 Å². The predicted molar refractivity (Wildman–Crippen MR) is 66.9 cm³/mol. The summed E-state index contributed by atoms with van der Waals surface area (Å²) in [5, 5.41) is 3.58. The lowest BCUT2D eigenvalue weighted by Gasteiger charge is -2.25. The molecule has 2 heteroatoms. The first-order valence-electron chi connectivity index (χ1n) is 6.06. The van der Waals surface area contributed by atoms with Crippen molar-refractivity contribution in [2.24, 2.45) is 5.92 Å². The van der Waals surface area contributed by atoms with Gasteiger partial charge >= 0.3 is 0 Å². The van der Waals surface area contributed by atoms with Gasteiger partial charge in [0.1, 0.15) is 5.82 Å². The molecule has 90 valence electrons. The summed E-state index contributed by atoms with van der Waals surface area (Å²) in [5.74, 6) is 0.444. The van der Waals surface area contributed by atoms with Gasteiger partial charge in [0.2, 0.25) is 0 Å². The Balaban J connectivity index is 2.64. The van der Waals surface area contributed by atoms with Crippen LogP contribution in [0.5, 0.6) is 0 Å². The van der Waals surface area contributed by atoms with Gasteiger partial charge in [-0.15, -0.1) is 0 Å². The summed E-state index contributed by atoms with van der Waals surface area (Å²) in [6.45, 7) is 8.75. The molecule has 0 heterocycles. The van der Waals surface area contributed by atoms with Crippen molar-refractivity contribution < 1.29 is 4.39 Å². The fraction of sp³-hybridized carbons (Fsp3) is 0.571. The topological polar surface area (TPSA) is 12.0 Å². The summed E-state index contributed by atoms with van der Waals surface area (Å²) in [6, 6.07) is 7.52. The van der Waals surface area contributed by atoms with E-state index in [4.69, 9.17) is 0 Å². The van der Waals surface area contributed by atoms with Crippen LogP contribution in [-0.4, -0.2) is 6.04 Å². The molecule has 0 aliphatic rings. The van der Waals surface area contributed by atoms with Crippen molar-refractivity contribution in [3.63, 3.8) is 0 Å². The van der Waals surface area contributed by atoms with Crippen LogP contribution in [0, 0.1) is 11.7 Å². The minimum Gasteiger partial charge on any atom is -0.307 e. The molecule has 1 aromatic carbocycles. The Kier molecular flexibility index (Phi) is 4.94. The first-order valence-corrected chi connectivity index (χ1v) is 6.06. The number of hydrogen-bond donors (Lipinski definition) is 1. The fourth-order valence-electron chi connectivity index (χ4n) is 1.95. The van der Waals surface area contributed by atoms with Gasteiger partial charge in [-0.3, -0.25) is 0 Å². The van der Waals surface area contributed by atoms with Gasteiger partial charge in [-0.25, -0.2) is 4.39 Å². The lowest BCUT2D eigenvalue weighted by Crippen LogP contribution is -2.35. The zero-order valence-corrected chi connectivity index (χ0v) is 10.6. The number of rotatable bonds is 5. The summed E-state index contributed by atoms with van der Waals surface area (Å²) in [5.41, 5.74) is 1.14. The van der Waals surface area contributed by atoms with Crippen LogP contribution in [0.2, 0.25) is 0 Å². The number of benzene rings is 1. The standard InChI is InChI=1S/C14H22FN/c1-5-14(10(2)3)16-11(4)12-6-8-13(15)9-7-12/h6-11,14,16H,5H2,1-4H3. The second kappa shape index (κ2) is 6.00. The monoisotopic (exact) mass is 223 g/mol. The molecule has 0 bridgehead atoms. The Morgan fingerprint density at radius 2 is 1.69 bits per heavy atom. The third kappa shape index (κ3) is 3.60. The van der Waals surface area contributed by atoms with E-state index in [1.165, 1.54) is 12.1 Å². The van der Waals surface area contributed by atoms with Crippen molar-refractivity contribution in [2.75, 3.05) is 0 Å². The second-order valence-electron chi connectivity index (χ2n) is 4.70. The molecule has 0 aliphatic carbocycles. The molecule has 1 N–H and O–H groups in total. The van der Waals surface area contributed by atoms with Crippen molar-refractivity contribution in [2.45, 2.75) is 46.2 Å². The predicted octanol–water partition coefficient (Wildman–Crippen LogP) is 3.91. The molecular weight excluding hydrogens is 201 g/mol. The maximum absolute atomic E-state index is 12.8. The highest BCUT2D eigenvalue weighted by Crippen LogP contribution is 2.16. The molecule has 1 nitrogen and oxygen atoms in total. The Morgan fingerprint density at radius 3 is 2.12 bits per heavy atom. The first kappa shape index (κ1) is 13.2. The van der Waals surface area contributed by atoms with Crippen LogP contribution in [0.15, 0.2) is 24.3 Å². The van der Waals surface area contributed by atoms with Gasteiger partial charge < -0.3 is 5.32 Å². The highest BCUT2D eigenvalue weighted by atomic mass is 19.1. The van der Waals surface area contributed by atoms with E-state index in [0.29, 0.717) is 12.0 Å². The van der Waals surface area contributed by atoms with Crippen LogP contribution >= 0.6 is 0 Å². The molecule has 0 fully saturated rings. The maximum Gasteiger partial charge on any atom is 0.123 e. The molecule has 16 heavy (non-hydrogen) atoms. The quantitative estimate of drug-likeness (QED) is 0.798. The van der Waals surface area contributed by atoms with E-state index >= 15 is 0 Å². The molecule has 0 aromatic heterocycles. The lowest BCUT2D eigenvalue weighted by atomic mass is 9.99. The lowest BCUT2D eigenvalue weighted by molar-refractivity contribution is 0.355. The van der Waals surface area contributed by atoms with Crippen molar-refractivity contribution in [3.8, 4) is 0 Å². The number of halogens is 1. The van der Waals surface area contributed by atoms with Crippen LogP contribution in [-0.2, 0) is 0 Å². The van der Waals surface area contributed by atoms with Crippen LogP contribution in [0.3, 0.4) is 0 Å². The zero-order chi connectivity index (χ0) is 12.1. The van der Waals surface area contributed by atoms with Gasteiger partial charge in [0, 0.05) is 12.1 Å². The van der Waals surface area contributed by atoms with Crippen molar-refractivity contribution in [1.29, 1.82) is 0 Å². The second-order valence-corrected chi connectivity index (χ2v) is 4.70. The smallest absolute Gasteiger partial charge is 0.123 e. The van der Waals surface area contributed by atoms with Gasteiger partial charge in [-0.1, -0.05) is 32.9 Å².